The molecule has 1 aromatic carbocycles. The molecule has 0 bridgehead atoms. The van der Waals surface area contributed by atoms with E-state index in [0.29, 0.717) is 24.5 Å². The summed E-state index contributed by atoms with van der Waals surface area (Å²) in [5, 5.41) is 5.11. The maximum atomic E-state index is 11.3. The molecule has 6 nitrogen and oxygen atoms in total. The molecule has 0 aliphatic rings. The van der Waals surface area contributed by atoms with Gasteiger partial charge in [0.25, 0.3) is 0 Å². The Balaban J connectivity index is 2.01. The molecule has 2 N–H and O–H groups in total. The van der Waals surface area contributed by atoms with Crippen LogP contribution in [0.2, 0.25) is 0 Å². The number of sulfonamides is 1. The summed E-state index contributed by atoms with van der Waals surface area (Å²) in [5.41, 5.74) is 0.573. The van der Waals surface area contributed by atoms with Crippen molar-refractivity contribution in [2.24, 2.45) is 5.14 Å². The van der Waals surface area contributed by atoms with Crippen LogP contribution in [0.1, 0.15) is 11.4 Å². The fraction of sp³-hybridized carbons (Fsp3) is 0.308. The molecule has 0 unspecified atom stereocenters. The summed E-state index contributed by atoms with van der Waals surface area (Å²) in [4.78, 5) is 4.24. The predicted molar refractivity (Wildman–Crippen MR) is 75.0 cm³/mol. The van der Waals surface area contributed by atoms with Gasteiger partial charge >= 0.3 is 0 Å². The van der Waals surface area contributed by atoms with Crippen molar-refractivity contribution in [1.29, 1.82) is 0 Å². The van der Waals surface area contributed by atoms with Crippen molar-refractivity contribution in [3.8, 4) is 5.75 Å². The minimum atomic E-state index is -3.68. The molecule has 1 aromatic heterocycles. The van der Waals surface area contributed by atoms with Gasteiger partial charge in [-0.3, -0.25) is 0 Å². The van der Waals surface area contributed by atoms with Gasteiger partial charge in [0.1, 0.15) is 18.2 Å². The van der Waals surface area contributed by atoms with Crippen LogP contribution >= 0.6 is 0 Å². The first-order valence-electron chi connectivity index (χ1n) is 6.12. The summed E-state index contributed by atoms with van der Waals surface area (Å²) < 4.78 is 30.2. The van der Waals surface area contributed by atoms with E-state index in [1.807, 2.05) is 17.7 Å². The van der Waals surface area contributed by atoms with E-state index < -0.39 is 10.0 Å². The second-order valence-electron chi connectivity index (χ2n) is 4.49. The van der Waals surface area contributed by atoms with Crippen LogP contribution in [-0.4, -0.2) is 24.6 Å². The largest absolute Gasteiger partial charge is 0.492 e. The molecule has 1 heterocycles. The van der Waals surface area contributed by atoms with E-state index in [1.54, 1.807) is 25.3 Å². The van der Waals surface area contributed by atoms with Crippen LogP contribution in [0.25, 0.3) is 0 Å². The van der Waals surface area contributed by atoms with Crippen molar-refractivity contribution in [2.45, 2.75) is 25.3 Å². The number of nitrogens with zero attached hydrogens (tertiary/aromatic N) is 2. The zero-order valence-electron chi connectivity index (χ0n) is 11.4. The van der Waals surface area contributed by atoms with Crippen molar-refractivity contribution in [3.05, 3.63) is 42.0 Å². The number of hydrogen-bond donors (Lipinski definition) is 1. The predicted octanol–water partition coefficient (Wildman–Crippen LogP) is 1.23. The molecule has 2 rings (SSSR count). The molecule has 0 radical (unpaired) electrons. The molecular weight excluding hydrogens is 278 g/mol. The Hall–Kier alpha value is -1.86. The lowest BCUT2D eigenvalue weighted by atomic mass is 10.2. The van der Waals surface area contributed by atoms with Crippen LogP contribution in [0, 0.1) is 13.8 Å². The second-order valence-corrected chi connectivity index (χ2v) is 6.02. The van der Waals surface area contributed by atoms with Gasteiger partial charge in [-0.25, -0.2) is 18.5 Å². The van der Waals surface area contributed by atoms with Crippen LogP contribution in [0.4, 0.5) is 0 Å². The summed E-state index contributed by atoms with van der Waals surface area (Å²) in [6.45, 7) is 4.77. The Morgan fingerprint density at radius 3 is 2.65 bits per heavy atom. The highest BCUT2D eigenvalue weighted by atomic mass is 32.2. The lowest BCUT2D eigenvalue weighted by Crippen LogP contribution is -2.14. The highest BCUT2D eigenvalue weighted by Crippen LogP contribution is 2.20. The monoisotopic (exact) mass is 295 g/mol. The number of nitrogens with two attached hydrogens (primary N) is 1. The molecule has 0 amide bonds. The van der Waals surface area contributed by atoms with E-state index in [4.69, 9.17) is 9.88 Å². The number of aromatic nitrogens is 2. The molecule has 0 spiro atoms. The van der Waals surface area contributed by atoms with Crippen molar-refractivity contribution < 1.29 is 13.2 Å². The quantitative estimate of drug-likeness (QED) is 0.898. The lowest BCUT2D eigenvalue weighted by Gasteiger charge is -2.10. The number of rotatable bonds is 5. The molecule has 0 fully saturated rings. The number of ether oxygens (including phenoxy) is 1. The van der Waals surface area contributed by atoms with Gasteiger partial charge in [-0.15, -0.1) is 0 Å². The number of primary sulfonamides is 1. The molecular formula is C13H17N3O3S. The molecule has 2 aromatic rings. The fourth-order valence-electron chi connectivity index (χ4n) is 1.93. The van der Waals surface area contributed by atoms with Crippen molar-refractivity contribution >= 4 is 10.0 Å². The van der Waals surface area contributed by atoms with Gasteiger partial charge in [0.15, 0.2) is 0 Å². The molecule has 20 heavy (non-hydrogen) atoms. The van der Waals surface area contributed by atoms with Crippen LogP contribution in [-0.2, 0) is 16.6 Å². The molecule has 0 aliphatic carbocycles. The topological polar surface area (TPSA) is 87.2 Å². The Bertz CT molecular complexity index is 707. The van der Waals surface area contributed by atoms with Crippen LogP contribution in [0.5, 0.6) is 5.75 Å². The molecule has 7 heteroatoms. The zero-order valence-corrected chi connectivity index (χ0v) is 12.2. The summed E-state index contributed by atoms with van der Waals surface area (Å²) in [5.74, 6) is 1.54. The van der Waals surface area contributed by atoms with Gasteiger partial charge in [0, 0.05) is 12.4 Å². The van der Waals surface area contributed by atoms with Gasteiger partial charge in [-0.05, 0) is 37.6 Å². The smallest absolute Gasteiger partial charge is 0.238 e. The van der Waals surface area contributed by atoms with Gasteiger partial charge in [-0.2, -0.15) is 0 Å². The van der Waals surface area contributed by atoms with Crippen LogP contribution in [0.3, 0.4) is 0 Å². The highest BCUT2D eigenvalue weighted by Gasteiger charge is 2.11. The summed E-state index contributed by atoms with van der Waals surface area (Å²) in [6.07, 6.45) is 3.62. The van der Waals surface area contributed by atoms with E-state index in [0.717, 1.165) is 5.82 Å². The Morgan fingerprint density at radius 1 is 1.35 bits per heavy atom. The van der Waals surface area contributed by atoms with Crippen molar-refractivity contribution in [1.82, 2.24) is 9.55 Å². The fourth-order valence-corrected chi connectivity index (χ4v) is 2.70. The SMILES string of the molecule is Cc1cc(OCCn2ccnc2C)ccc1S(N)(=O)=O. The molecule has 0 aliphatic heterocycles. The highest BCUT2D eigenvalue weighted by molar-refractivity contribution is 7.89. The second kappa shape index (κ2) is 5.64. The Labute approximate surface area is 118 Å². The van der Waals surface area contributed by atoms with E-state index in [2.05, 4.69) is 4.98 Å². The lowest BCUT2D eigenvalue weighted by molar-refractivity contribution is 0.296. The minimum absolute atomic E-state index is 0.121. The molecule has 0 saturated carbocycles. The Morgan fingerprint density at radius 2 is 2.10 bits per heavy atom. The van der Waals surface area contributed by atoms with Gasteiger partial charge < -0.3 is 9.30 Å². The summed E-state index contributed by atoms with van der Waals surface area (Å²) >= 11 is 0. The average Bonchev–Trinajstić information content (AvgIpc) is 2.73. The molecule has 0 saturated heterocycles. The van der Waals surface area contributed by atoms with E-state index in [9.17, 15) is 8.42 Å². The standard InChI is InChI=1S/C13H17N3O3S/c1-10-9-12(3-4-13(10)20(14,17)18)19-8-7-16-6-5-15-11(16)2/h3-6,9H,7-8H2,1-2H3,(H2,14,17,18). The first-order valence-corrected chi connectivity index (χ1v) is 7.66. The van der Waals surface area contributed by atoms with E-state index >= 15 is 0 Å². The summed E-state index contributed by atoms with van der Waals surface area (Å²) in [7, 11) is -3.68. The van der Waals surface area contributed by atoms with Gasteiger partial charge in [0.05, 0.1) is 11.4 Å². The molecule has 108 valence electrons. The maximum Gasteiger partial charge on any atom is 0.238 e. The molecule has 0 atom stereocenters. The van der Waals surface area contributed by atoms with E-state index in [-0.39, 0.29) is 4.90 Å². The first kappa shape index (κ1) is 14.5. The zero-order chi connectivity index (χ0) is 14.8. The number of benzene rings is 1. The average molecular weight is 295 g/mol. The maximum absolute atomic E-state index is 11.3. The van der Waals surface area contributed by atoms with Gasteiger partial charge in [0.2, 0.25) is 10.0 Å². The Kier molecular flexibility index (Phi) is 4.10. The number of aryl methyl sites for hydroxylation is 2. The van der Waals surface area contributed by atoms with Gasteiger partial charge in [-0.1, -0.05) is 0 Å². The van der Waals surface area contributed by atoms with Crippen LogP contribution < -0.4 is 9.88 Å². The van der Waals surface area contributed by atoms with Crippen molar-refractivity contribution in [3.63, 3.8) is 0 Å². The third kappa shape index (κ3) is 3.37. The van der Waals surface area contributed by atoms with Crippen molar-refractivity contribution in [2.75, 3.05) is 6.61 Å². The summed E-state index contributed by atoms with van der Waals surface area (Å²) in [6, 6.07) is 4.73. The third-order valence-corrected chi connectivity index (χ3v) is 4.05. The normalized spacial score (nSPS) is 11.6. The first-order chi connectivity index (χ1) is 9.38. The van der Waals surface area contributed by atoms with Crippen LogP contribution in [0.15, 0.2) is 35.5 Å². The minimum Gasteiger partial charge on any atom is -0.492 e. The number of hydrogen-bond acceptors (Lipinski definition) is 4. The van der Waals surface area contributed by atoms with E-state index in [1.165, 1.54) is 6.07 Å². The third-order valence-electron chi connectivity index (χ3n) is 2.98. The number of imidazole rings is 1.